The highest BCUT2D eigenvalue weighted by Crippen LogP contribution is 2.39. The molecule has 25 heavy (non-hydrogen) atoms. The van der Waals surface area contributed by atoms with Crippen molar-refractivity contribution >= 4 is 32.9 Å². The predicted octanol–water partition coefficient (Wildman–Crippen LogP) is 6.01. The second kappa shape index (κ2) is 7.65. The SMILES string of the molecule is CCOC(=O)c1c(C(C)(C)C)oc2cc(Br)c(OCC=C(C)C)cc12. The van der Waals surface area contributed by atoms with E-state index in [9.17, 15) is 4.79 Å². The zero-order chi connectivity index (χ0) is 18.8. The maximum atomic E-state index is 12.5. The zero-order valence-electron chi connectivity index (χ0n) is 15.7. The van der Waals surface area contributed by atoms with E-state index in [1.165, 1.54) is 5.57 Å². The van der Waals surface area contributed by atoms with Crippen molar-refractivity contribution in [1.29, 1.82) is 0 Å². The van der Waals surface area contributed by atoms with Crippen molar-refractivity contribution in [3.8, 4) is 5.75 Å². The molecule has 0 spiro atoms. The van der Waals surface area contributed by atoms with Crippen molar-refractivity contribution < 1.29 is 18.7 Å². The molecule has 0 saturated heterocycles. The summed E-state index contributed by atoms with van der Waals surface area (Å²) in [6.07, 6.45) is 2.00. The predicted molar refractivity (Wildman–Crippen MR) is 103 cm³/mol. The lowest BCUT2D eigenvalue weighted by Crippen LogP contribution is -2.16. The highest BCUT2D eigenvalue weighted by Gasteiger charge is 2.30. The van der Waals surface area contributed by atoms with Gasteiger partial charge in [-0.15, -0.1) is 0 Å². The van der Waals surface area contributed by atoms with E-state index in [2.05, 4.69) is 15.9 Å². The van der Waals surface area contributed by atoms with Crippen molar-refractivity contribution in [3.63, 3.8) is 0 Å². The van der Waals surface area contributed by atoms with E-state index in [0.29, 0.717) is 41.3 Å². The molecule has 1 aromatic carbocycles. The van der Waals surface area contributed by atoms with Crippen LogP contribution >= 0.6 is 15.9 Å². The number of carbonyl (C=O) groups is 1. The van der Waals surface area contributed by atoms with Gasteiger partial charge in [-0.05, 0) is 54.9 Å². The number of hydrogen-bond acceptors (Lipinski definition) is 4. The molecule has 0 aliphatic rings. The largest absolute Gasteiger partial charge is 0.488 e. The van der Waals surface area contributed by atoms with Crippen LogP contribution in [0.4, 0.5) is 0 Å². The van der Waals surface area contributed by atoms with Crippen LogP contribution in [0.1, 0.15) is 57.7 Å². The van der Waals surface area contributed by atoms with Crippen LogP contribution in [0.3, 0.4) is 0 Å². The molecular weight excluding hydrogens is 384 g/mol. The molecule has 4 nitrogen and oxygen atoms in total. The Hall–Kier alpha value is -1.75. The number of ether oxygens (including phenoxy) is 2. The minimum atomic E-state index is -0.372. The quantitative estimate of drug-likeness (QED) is 0.448. The monoisotopic (exact) mass is 408 g/mol. The molecular formula is C20H25BrO4. The van der Waals surface area contributed by atoms with Crippen LogP contribution in [-0.2, 0) is 10.2 Å². The summed E-state index contributed by atoms with van der Waals surface area (Å²) in [6, 6.07) is 3.67. The maximum Gasteiger partial charge on any atom is 0.342 e. The average Bonchev–Trinajstić information content (AvgIpc) is 2.85. The number of hydrogen-bond donors (Lipinski definition) is 0. The smallest absolute Gasteiger partial charge is 0.342 e. The lowest BCUT2D eigenvalue weighted by Gasteiger charge is -2.16. The van der Waals surface area contributed by atoms with Crippen molar-refractivity contribution in [3.05, 3.63) is 39.6 Å². The van der Waals surface area contributed by atoms with E-state index in [0.717, 1.165) is 4.47 Å². The van der Waals surface area contributed by atoms with Crippen LogP contribution < -0.4 is 4.74 Å². The first kappa shape index (κ1) is 19.6. The number of carbonyl (C=O) groups excluding carboxylic acids is 1. The van der Waals surface area contributed by atoms with E-state index in [1.807, 2.05) is 52.8 Å². The Morgan fingerprint density at radius 3 is 2.52 bits per heavy atom. The highest BCUT2D eigenvalue weighted by molar-refractivity contribution is 9.10. The summed E-state index contributed by atoms with van der Waals surface area (Å²) in [5.41, 5.74) is 1.97. The Morgan fingerprint density at radius 2 is 1.96 bits per heavy atom. The molecule has 0 unspecified atom stereocenters. The number of fused-ring (bicyclic) bond motifs is 1. The molecule has 1 aromatic heterocycles. The second-order valence-corrected chi connectivity index (χ2v) is 8.00. The summed E-state index contributed by atoms with van der Waals surface area (Å²) in [5, 5.41) is 0.707. The molecule has 0 aliphatic heterocycles. The summed E-state index contributed by atoms with van der Waals surface area (Å²) in [7, 11) is 0. The van der Waals surface area contributed by atoms with Gasteiger partial charge >= 0.3 is 5.97 Å². The first-order chi connectivity index (χ1) is 11.6. The fourth-order valence-corrected chi connectivity index (χ4v) is 2.88. The van der Waals surface area contributed by atoms with Gasteiger partial charge in [-0.1, -0.05) is 26.3 Å². The third kappa shape index (κ3) is 4.46. The Morgan fingerprint density at radius 1 is 1.28 bits per heavy atom. The molecule has 0 atom stereocenters. The molecule has 0 aliphatic carbocycles. The lowest BCUT2D eigenvalue weighted by atomic mass is 9.89. The third-order valence-electron chi connectivity index (χ3n) is 3.63. The van der Waals surface area contributed by atoms with Crippen LogP contribution in [0.5, 0.6) is 5.75 Å². The molecule has 2 rings (SSSR count). The number of furan rings is 1. The van der Waals surface area contributed by atoms with Gasteiger partial charge in [-0.3, -0.25) is 0 Å². The minimum Gasteiger partial charge on any atom is -0.488 e. The van der Waals surface area contributed by atoms with Gasteiger partial charge in [0.25, 0.3) is 0 Å². The van der Waals surface area contributed by atoms with Gasteiger partial charge in [0.2, 0.25) is 0 Å². The van der Waals surface area contributed by atoms with Gasteiger partial charge in [-0.2, -0.15) is 0 Å². The van der Waals surface area contributed by atoms with Crippen molar-refractivity contribution in [1.82, 2.24) is 0 Å². The molecule has 2 aromatic rings. The summed E-state index contributed by atoms with van der Waals surface area (Å²) < 4.78 is 17.9. The fourth-order valence-electron chi connectivity index (χ4n) is 2.44. The van der Waals surface area contributed by atoms with Crippen molar-refractivity contribution in [2.45, 2.75) is 47.0 Å². The van der Waals surface area contributed by atoms with E-state index < -0.39 is 0 Å². The Balaban J connectivity index is 2.59. The van der Waals surface area contributed by atoms with Gasteiger partial charge in [0, 0.05) is 10.8 Å². The van der Waals surface area contributed by atoms with Crippen LogP contribution in [0.2, 0.25) is 0 Å². The van der Waals surface area contributed by atoms with Gasteiger partial charge < -0.3 is 13.9 Å². The van der Waals surface area contributed by atoms with Gasteiger partial charge in [0.05, 0.1) is 11.1 Å². The van der Waals surface area contributed by atoms with E-state index in [-0.39, 0.29) is 11.4 Å². The Bertz CT molecular complexity index is 805. The van der Waals surface area contributed by atoms with Crippen molar-refractivity contribution in [2.75, 3.05) is 13.2 Å². The topological polar surface area (TPSA) is 48.7 Å². The molecule has 0 amide bonds. The molecule has 1 heterocycles. The molecule has 0 fully saturated rings. The number of esters is 1. The summed E-state index contributed by atoms with van der Waals surface area (Å²) in [4.78, 5) is 12.5. The second-order valence-electron chi connectivity index (χ2n) is 7.15. The number of rotatable bonds is 5. The van der Waals surface area contributed by atoms with Gasteiger partial charge in [0.1, 0.15) is 29.3 Å². The van der Waals surface area contributed by atoms with Crippen LogP contribution in [0.25, 0.3) is 11.0 Å². The van der Waals surface area contributed by atoms with E-state index >= 15 is 0 Å². The lowest BCUT2D eigenvalue weighted by molar-refractivity contribution is 0.0523. The highest BCUT2D eigenvalue weighted by atomic mass is 79.9. The standard InChI is InChI=1S/C20H25BrO4/c1-7-23-19(22)17-13-10-16(24-9-8-12(2)3)14(21)11-15(13)25-18(17)20(4,5)6/h8,10-11H,7,9H2,1-6H3. The van der Waals surface area contributed by atoms with Crippen molar-refractivity contribution in [2.24, 2.45) is 0 Å². The summed E-state index contributed by atoms with van der Waals surface area (Å²) >= 11 is 3.51. The average molecular weight is 409 g/mol. The Kier molecular flexibility index (Phi) is 5.99. The normalized spacial score (nSPS) is 11.5. The molecule has 0 saturated carbocycles. The van der Waals surface area contributed by atoms with Crippen LogP contribution in [0, 0.1) is 0 Å². The minimum absolute atomic E-state index is 0.315. The maximum absolute atomic E-state index is 12.5. The first-order valence-electron chi connectivity index (χ1n) is 8.35. The third-order valence-corrected chi connectivity index (χ3v) is 4.25. The van der Waals surface area contributed by atoms with E-state index in [1.54, 1.807) is 6.92 Å². The fraction of sp³-hybridized carbons (Fsp3) is 0.450. The van der Waals surface area contributed by atoms with Gasteiger partial charge in [-0.25, -0.2) is 4.79 Å². The summed E-state index contributed by atoms with van der Waals surface area (Å²) in [5.74, 6) is 0.912. The number of allylic oxidation sites excluding steroid dienone is 1. The summed E-state index contributed by atoms with van der Waals surface area (Å²) in [6.45, 7) is 12.6. The van der Waals surface area contributed by atoms with Crippen LogP contribution in [-0.4, -0.2) is 19.2 Å². The molecule has 0 radical (unpaired) electrons. The molecule has 5 heteroatoms. The Labute approximate surface area is 157 Å². The number of halogens is 1. The van der Waals surface area contributed by atoms with E-state index in [4.69, 9.17) is 13.9 Å². The van der Waals surface area contributed by atoms with Gasteiger partial charge in [0.15, 0.2) is 0 Å². The molecule has 0 N–H and O–H groups in total. The van der Waals surface area contributed by atoms with Crippen LogP contribution in [0.15, 0.2) is 32.7 Å². The molecule has 0 bridgehead atoms. The molecule has 136 valence electrons. The number of benzene rings is 1. The zero-order valence-corrected chi connectivity index (χ0v) is 17.2. The first-order valence-corrected chi connectivity index (χ1v) is 9.14.